The van der Waals surface area contributed by atoms with E-state index in [4.69, 9.17) is 0 Å². The molecule has 0 unspecified atom stereocenters. The van der Waals surface area contributed by atoms with Crippen molar-refractivity contribution in [1.82, 2.24) is 0 Å². The van der Waals surface area contributed by atoms with Gasteiger partial charge in [-0.1, -0.05) is 13.2 Å². The van der Waals surface area contributed by atoms with Crippen LogP contribution in [0.4, 0.5) is 0 Å². The largest absolute Gasteiger partial charge is 2.00 e. The van der Waals surface area contributed by atoms with Crippen LogP contribution >= 0.6 is 0 Å². The fourth-order valence-corrected chi connectivity index (χ4v) is 0.493. The summed E-state index contributed by atoms with van der Waals surface area (Å²) >= 11 is 0. The molecule has 0 radical (unpaired) electrons. The van der Waals surface area contributed by atoms with Crippen molar-refractivity contribution >= 4 is 99.4 Å². The molecule has 0 aromatic heterocycles. The summed E-state index contributed by atoms with van der Waals surface area (Å²) in [5.41, 5.74) is -0.954. The van der Waals surface area contributed by atoms with Crippen molar-refractivity contribution in [3.05, 3.63) is 24.3 Å². The zero-order valence-electron chi connectivity index (χ0n) is 10.5. The Balaban J connectivity index is -0.000000116. The number of carboxylic acids is 4. The van der Waals surface area contributed by atoms with Crippen molar-refractivity contribution in [3.8, 4) is 0 Å². The van der Waals surface area contributed by atoms with Crippen molar-refractivity contribution in [2.75, 3.05) is 0 Å². The van der Waals surface area contributed by atoms with Crippen LogP contribution in [0.1, 0.15) is 12.8 Å². The third-order valence-electron chi connectivity index (χ3n) is 1.29. The van der Waals surface area contributed by atoms with Gasteiger partial charge in [-0.05, 0) is 11.1 Å². The third kappa shape index (κ3) is 20.2. The van der Waals surface area contributed by atoms with Gasteiger partial charge in [0, 0.05) is 24.8 Å². The number of hydrogen-bond donors (Lipinski definition) is 0. The molecule has 10 heteroatoms. The van der Waals surface area contributed by atoms with E-state index in [0.717, 1.165) is 0 Å². The summed E-state index contributed by atoms with van der Waals surface area (Å²) in [4.78, 5) is 38.8. The van der Waals surface area contributed by atoms with E-state index >= 15 is 0 Å². The zero-order valence-corrected chi connectivity index (χ0v) is 14.9. The van der Waals surface area contributed by atoms with Gasteiger partial charge in [0.1, 0.15) is 0 Å². The van der Waals surface area contributed by atoms with Gasteiger partial charge in [-0.15, -0.1) is 0 Å². The van der Waals surface area contributed by atoms with Crippen LogP contribution in [0.5, 0.6) is 0 Å². The van der Waals surface area contributed by atoms with Crippen molar-refractivity contribution < 1.29 is 39.6 Å². The molecule has 0 aliphatic rings. The normalized spacial score (nSPS) is 7.60. The van der Waals surface area contributed by atoms with Crippen LogP contribution in [0.3, 0.4) is 0 Å². The molecule has 20 heavy (non-hydrogen) atoms. The molecule has 0 aliphatic carbocycles. The monoisotopic (exact) mass is 336 g/mol. The van der Waals surface area contributed by atoms with E-state index in [0.29, 0.717) is 0 Å². The standard InChI is InChI=1S/2C5H6O4.2Ca/c2*1-3(5(8)9)2-4(6)7;;/h2*1-2H2,(H,6,7)(H,8,9);;/q;;2*+2/p-4. The number of rotatable bonds is 6. The fraction of sp³-hybridized carbons (Fsp3) is 0.200. The van der Waals surface area contributed by atoms with Crippen LogP contribution in [0.2, 0.25) is 0 Å². The van der Waals surface area contributed by atoms with Gasteiger partial charge in [0.2, 0.25) is 0 Å². The van der Waals surface area contributed by atoms with Crippen LogP contribution in [-0.4, -0.2) is 99.4 Å². The quantitative estimate of drug-likeness (QED) is 0.342. The molecule has 0 spiro atoms. The van der Waals surface area contributed by atoms with Gasteiger partial charge in [-0.25, -0.2) is 0 Å². The molecule has 0 heterocycles. The predicted molar refractivity (Wildman–Crippen MR) is 59.1 cm³/mol. The minimum atomic E-state index is -1.56. The smallest absolute Gasteiger partial charge is 0.550 e. The summed E-state index contributed by atoms with van der Waals surface area (Å²) < 4.78 is 0. The number of carboxylic acid groups (broad SMARTS) is 4. The van der Waals surface area contributed by atoms with Gasteiger partial charge in [-0.2, -0.15) is 0 Å². The molecule has 0 fully saturated rings. The van der Waals surface area contributed by atoms with Crippen LogP contribution in [0.25, 0.3) is 0 Å². The third-order valence-corrected chi connectivity index (χ3v) is 1.29. The van der Waals surface area contributed by atoms with E-state index in [1.165, 1.54) is 0 Å². The summed E-state index contributed by atoms with van der Waals surface area (Å²) in [6.07, 6.45) is -1.36. The Bertz CT molecular complexity index is 364. The SMILES string of the molecule is C=C(CC(=O)[O-])C(=O)[O-].C=C(CC(=O)[O-])C(=O)[O-].[Ca+2].[Ca+2]. The van der Waals surface area contributed by atoms with Crippen molar-refractivity contribution in [1.29, 1.82) is 0 Å². The van der Waals surface area contributed by atoms with Gasteiger partial charge >= 0.3 is 75.5 Å². The maximum Gasteiger partial charge on any atom is 2.00 e. The van der Waals surface area contributed by atoms with Crippen LogP contribution in [0, 0.1) is 0 Å². The number of carbonyl (C=O) groups excluding carboxylic acids is 4. The first-order valence-corrected chi connectivity index (χ1v) is 4.25. The topological polar surface area (TPSA) is 161 Å². The van der Waals surface area contributed by atoms with Gasteiger partial charge in [0.15, 0.2) is 0 Å². The summed E-state index contributed by atoms with van der Waals surface area (Å²) in [7, 11) is 0. The van der Waals surface area contributed by atoms with Crippen LogP contribution < -0.4 is 20.4 Å². The minimum absolute atomic E-state index is 0. The molecule has 0 amide bonds. The van der Waals surface area contributed by atoms with E-state index in [9.17, 15) is 39.6 Å². The van der Waals surface area contributed by atoms with Crippen LogP contribution in [0.15, 0.2) is 24.3 Å². The predicted octanol–water partition coefficient (Wildman–Crippen LogP) is -5.90. The molecule has 0 rings (SSSR count). The summed E-state index contributed by atoms with van der Waals surface area (Å²) in [5, 5.41) is 38.8. The average Bonchev–Trinajstić information content (AvgIpc) is 2.16. The van der Waals surface area contributed by atoms with Crippen LogP contribution in [-0.2, 0) is 19.2 Å². The second-order valence-electron chi connectivity index (χ2n) is 2.88. The molecule has 0 aromatic rings. The Labute approximate surface area is 174 Å². The molecule has 0 saturated carbocycles. The number of aliphatic carboxylic acids is 4. The second-order valence-corrected chi connectivity index (χ2v) is 2.88. The molecule has 8 nitrogen and oxygen atoms in total. The fourth-order valence-electron chi connectivity index (χ4n) is 0.493. The Morgan fingerprint density at radius 3 is 0.900 bits per heavy atom. The van der Waals surface area contributed by atoms with Crippen molar-refractivity contribution in [2.45, 2.75) is 12.8 Å². The van der Waals surface area contributed by atoms with Gasteiger partial charge < -0.3 is 39.6 Å². The zero-order chi connectivity index (χ0) is 14.9. The van der Waals surface area contributed by atoms with E-state index in [-0.39, 0.29) is 75.5 Å². The summed E-state index contributed by atoms with van der Waals surface area (Å²) in [6.45, 7) is 5.82. The molecule has 0 atom stereocenters. The van der Waals surface area contributed by atoms with Crippen molar-refractivity contribution in [3.63, 3.8) is 0 Å². The molecule has 0 aliphatic heterocycles. The Morgan fingerprint density at radius 2 is 0.850 bits per heavy atom. The van der Waals surface area contributed by atoms with E-state index < -0.39 is 47.9 Å². The second kappa shape index (κ2) is 15.3. The molecular weight excluding hydrogens is 328 g/mol. The Hall–Kier alpha value is -0.121. The van der Waals surface area contributed by atoms with E-state index in [1.54, 1.807) is 0 Å². The van der Waals surface area contributed by atoms with Crippen molar-refractivity contribution in [2.24, 2.45) is 0 Å². The Morgan fingerprint density at radius 1 is 0.650 bits per heavy atom. The first-order chi connectivity index (χ1) is 8.07. The summed E-state index contributed by atoms with van der Waals surface area (Å²) in [5.74, 6) is -6.05. The first kappa shape index (κ1) is 28.1. The maximum absolute atomic E-state index is 9.73. The van der Waals surface area contributed by atoms with E-state index in [1.807, 2.05) is 0 Å². The average molecular weight is 336 g/mol. The molecule has 0 N–H and O–H groups in total. The molecule has 0 bridgehead atoms. The maximum atomic E-state index is 9.73. The molecule has 100 valence electrons. The molecule has 0 saturated heterocycles. The number of carbonyl (C=O) groups is 4. The van der Waals surface area contributed by atoms with E-state index in [2.05, 4.69) is 13.2 Å². The number of hydrogen-bond acceptors (Lipinski definition) is 8. The minimum Gasteiger partial charge on any atom is -0.550 e. The van der Waals surface area contributed by atoms with Gasteiger partial charge in [-0.3, -0.25) is 0 Å². The molecule has 0 aromatic carbocycles. The molecular formula is C10H8Ca2O8. The van der Waals surface area contributed by atoms with Gasteiger partial charge in [0.05, 0.1) is 11.9 Å². The Kier molecular flexibility index (Phi) is 21.5. The first-order valence-electron chi connectivity index (χ1n) is 4.25. The summed E-state index contributed by atoms with van der Waals surface area (Å²) in [6, 6.07) is 0. The van der Waals surface area contributed by atoms with Gasteiger partial charge in [0.25, 0.3) is 0 Å².